The van der Waals surface area contributed by atoms with Crippen LogP contribution in [-0.4, -0.2) is 14.5 Å². The highest BCUT2D eigenvalue weighted by Crippen LogP contribution is 2.37. The summed E-state index contributed by atoms with van der Waals surface area (Å²) in [5.74, 6) is 1.00. The van der Waals surface area contributed by atoms with E-state index in [4.69, 9.17) is 0 Å². The van der Waals surface area contributed by atoms with Crippen LogP contribution >= 0.6 is 0 Å². The third-order valence-corrected chi connectivity index (χ3v) is 2.73. The van der Waals surface area contributed by atoms with Gasteiger partial charge in [-0.15, -0.1) is 0 Å². The number of hydrogen-bond donors (Lipinski definition) is 0. The molecule has 3 nitrogen and oxygen atoms in total. The van der Waals surface area contributed by atoms with Crippen molar-refractivity contribution in [3.05, 3.63) is 36.3 Å². The van der Waals surface area contributed by atoms with Crippen LogP contribution in [0.4, 0.5) is 0 Å². The number of rotatable bonds is 2. The van der Waals surface area contributed by atoms with Crippen molar-refractivity contribution in [1.29, 1.82) is 0 Å². The van der Waals surface area contributed by atoms with Crippen molar-refractivity contribution in [3.8, 4) is 11.5 Å². The Morgan fingerprint density at radius 1 is 1.33 bits per heavy atom. The minimum atomic E-state index is 0.657. The predicted octanol–water partition coefficient (Wildman–Crippen LogP) is 2.59. The van der Waals surface area contributed by atoms with Crippen molar-refractivity contribution >= 4 is 0 Å². The van der Waals surface area contributed by atoms with Crippen molar-refractivity contribution in [2.45, 2.75) is 25.8 Å². The van der Waals surface area contributed by atoms with E-state index >= 15 is 0 Å². The van der Waals surface area contributed by atoms with Gasteiger partial charge < -0.3 is 4.57 Å². The van der Waals surface area contributed by atoms with Gasteiger partial charge in [-0.05, 0) is 31.9 Å². The van der Waals surface area contributed by atoms with Gasteiger partial charge >= 0.3 is 0 Å². The van der Waals surface area contributed by atoms with E-state index in [-0.39, 0.29) is 0 Å². The Labute approximate surface area is 88.8 Å². The predicted molar refractivity (Wildman–Crippen MR) is 58.5 cm³/mol. The van der Waals surface area contributed by atoms with E-state index in [1.807, 2.05) is 31.3 Å². The Balaban J connectivity index is 2.07. The summed E-state index contributed by atoms with van der Waals surface area (Å²) in [5, 5.41) is 0. The monoisotopic (exact) mass is 199 g/mol. The third kappa shape index (κ3) is 1.54. The molecule has 0 bridgehead atoms. The lowest BCUT2D eigenvalue weighted by Gasteiger charge is -2.05. The number of nitrogens with zero attached hydrogens (tertiary/aromatic N) is 3. The summed E-state index contributed by atoms with van der Waals surface area (Å²) >= 11 is 0. The summed E-state index contributed by atoms with van der Waals surface area (Å²) in [6.45, 7) is 2.01. The van der Waals surface area contributed by atoms with Gasteiger partial charge in [0.05, 0.1) is 0 Å². The van der Waals surface area contributed by atoms with Crippen molar-refractivity contribution in [1.82, 2.24) is 14.5 Å². The molecular weight excluding hydrogens is 186 g/mol. The molecule has 1 aliphatic carbocycles. The average Bonchev–Trinajstić information content (AvgIpc) is 2.96. The first-order valence-corrected chi connectivity index (χ1v) is 5.31. The molecule has 0 saturated heterocycles. The fourth-order valence-corrected chi connectivity index (χ4v) is 1.83. The van der Waals surface area contributed by atoms with Gasteiger partial charge in [0.15, 0.2) is 5.82 Å². The van der Waals surface area contributed by atoms with Gasteiger partial charge in [0.2, 0.25) is 0 Å². The molecule has 0 aromatic carbocycles. The molecular formula is C12H13N3. The van der Waals surface area contributed by atoms with Gasteiger partial charge in [-0.1, -0.05) is 6.07 Å². The number of pyridine rings is 1. The normalized spacial score (nSPS) is 15.5. The molecule has 0 aliphatic heterocycles. The lowest BCUT2D eigenvalue weighted by atomic mass is 10.3. The van der Waals surface area contributed by atoms with E-state index in [1.54, 1.807) is 0 Å². The topological polar surface area (TPSA) is 30.7 Å². The zero-order valence-electron chi connectivity index (χ0n) is 8.72. The number of aryl methyl sites for hydroxylation is 1. The fourth-order valence-electron chi connectivity index (χ4n) is 1.83. The highest BCUT2D eigenvalue weighted by atomic mass is 15.1. The van der Waals surface area contributed by atoms with Gasteiger partial charge in [0.1, 0.15) is 5.69 Å². The van der Waals surface area contributed by atoms with Gasteiger partial charge in [-0.3, -0.25) is 0 Å². The Hall–Kier alpha value is -1.64. The third-order valence-electron chi connectivity index (χ3n) is 2.73. The largest absolute Gasteiger partial charge is 0.327 e. The Morgan fingerprint density at radius 3 is 2.93 bits per heavy atom. The zero-order valence-corrected chi connectivity index (χ0v) is 8.72. The summed E-state index contributed by atoms with van der Waals surface area (Å²) in [6, 6.07) is 6.72. The molecule has 2 aromatic heterocycles. The SMILES string of the molecule is Cc1cccc(-c2nccn2C2CC2)n1. The second kappa shape index (κ2) is 3.19. The Morgan fingerprint density at radius 2 is 2.20 bits per heavy atom. The maximum absolute atomic E-state index is 4.50. The molecule has 0 atom stereocenters. The molecule has 15 heavy (non-hydrogen) atoms. The molecule has 0 spiro atoms. The molecule has 1 saturated carbocycles. The second-order valence-electron chi connectivity index (χ2n) is 4.05. The van der Waals surface area contributed by atoms with Crippen molar-refractivity contribution in [2.75, 3.05) is 0 Å². The standard InChI is InChI=1S/C12H13N3/c1-9-3-2-4-11(14-9)12-13-7-8-15(12)10-5-6-10/h2-4,7-8,10H,5-6H2,1H3. The zero-order chi connectivity index (χ0) is 10.3. The van der Waals surface area contributed by atoms with E-state index < -0.39 is 0 Å². The van der Waals surface area contributed by atoms with Gasteiger partial charge in [0.25, 0.3) is 0 Å². The quantitative estimate of drug-likeness (QED) is 0.744. The Bertz CT molecular complexity index is 483. The maximum atomic E-state index is 4.50. The molecule has 1 fully saturated rings. The molecule has 0 N–H and O–H groups in total. The summed E-state index contributed by atoms with van der Waals surface area (Å²) in [4.78, 5) is 8.89. The molecule has 0 radical (unpaired) electrons. The minimum absolute atomic E-state index is 0.657. The van der Waals surface area contributed by atoms with Crippen LogP contribution in [0.5, 0.6) is 0 Å². The first-order chi connectivity index (χ1) is 7.34. The molecule has 1 aliphatic rings. The molecule has 3 heteroatoms. The van der Waals surface area contributed by atoms with Crippen molar-refractivity contribution in [2.24, 2.45) is 0 Å². The first-order valence-electron chi connectivity index (χ1n) is 5.31. The van der Waals surface area contributed by atoms with Crippen LogP contribution in [0.2, 0.25) is 0 Å². The number of hydrogen-bond acceptors (Lipinski definition) is 2. The molecule has 0 amide bonds. The van der Waals surface area contributed by atoms with Gasteiger partial charge in [-0.2, -0.15) is 0 Å². The van der Waals surface area contributed by atoms with Crippen molar-refractivity contribution in [3.63, 3.8) is 0 Å². The average molecular weight is 199 g/mol. The molecule has 0 unspecified atom stereocenters. The molecule has 76 valence electrons. The van der Waals surface area contributed by atoms with Crippen molar-refractivity contribution < 1.29 is 0 Å². The van der Waals surface area contributed by atoms with E-state index in [0.29, 0.717) is 6.04 Å². The van der Waals surface area contributed by atoms with Gasteiger partial charge in [0, 0.05) is 24.1 Å². The fraction of sp³-hybridized carbons (Fsp3) is 0.333. The summed E-state index contributed by atoms with van der Waals surface area (Å²) in [6.07, 6.45) is 6.46. The smallest absolute Gasteiger partial charge is 0.158 e. The number of imidazole rings is 1. The van der Waals surface area contributed by atoms with E-state index in [9.17, 15) is 0 Å². The summed E-state index contributed by atoms with van der Waals surface area (Å²) < 4.78 is 2.24. The van der Waals surface area contributed by atoms with Crippen LogP contribution in [0.3, 0.4) is 0 Å². The summed E-state index contributed by atoms with van der Waals surface area (Å²) in [5.41, 5.74) is 2.02. The maximum Gasteiger partial charge on any atom is 0.158 e. The van der Waals surface area contributed by atoms with Crippen LogP contribution in [0.15, 0.2) is 30.6 Å². The van der Waals surface area contributed by atoms with E-state index in [1.165, 1.54) is 12.8 Å². The number of aromatic nitrogens is 3. The van der Waals surface area contributed by atoms with E-state index in [2.05, 4.69) is 20.7 Å². The lowest BCUT2D eigenvalue weighted by molar-refractivity contribution is 0.747. The van der Waals surface area contributed by atoms with Crippen LogP contribution in [-0.2, 0) is 0 Å². The molecule has 2 aromatic rings. The second-order valence-corrected chi connectivity index (χ2v) is 4.05. The van der Waals surface area contributed by atoms with Crippen LogP contribution in [0.1, 0.15) is 24.6 Å². The molecule has 3 rings (SSSR count). The summed E-state index contributed by atoms with van der Waals surface area (Å²) in [7, 11) is 0. The van der Waals surface area contributed by atoms with Crippen LogP contribution in [0, 0.1) is 6.92 Å². The van der Waals surface area contributed by atoms with Crippen LogP contribution < -0.4 is 0 Å². The first kappa shape index (κ1) is 8.65. The highest BCUT2D eigenvalue weighted by Gasteiger charge is 2.26. The van der Waals surface area contributed by atoms with E-state index in [0.717, 1.165) is 17.2 Å². The van der Waals surface area contributed by atoms with Crippen LogP contribution in [0.25, 0.3) is 11.5 Å². The lowest BCUT2D eigenvalue weighted by Crippen LogP contribution is -1.98. The van der Waals surface area contributed by atoms with Gasteiger partial charge in [-0.25, -0.2) is 9.97 Å². The molecule has 2 heterocycles. The Kier molecular flexibility index (Phi) is 1.84. The highest BCUT2D eigenvalue weighted by molar-refractivity contribution is 5.50. The minimum Gasteiger partial charge on any atom is -0.327 e.